The van der Waals surface area contributed by atoms with Crippen LogP contribution in [0.1, 0.15) is 13.3 Å². The van der Waals surface area contributed by atoms with Gasteiger partial charge in [-0.1, -0.05) is 25.1 Å². The molecule has 1 aromatic rings. The summed E-state index contributed by atoms with van der Waals surface area (Å²) in [6.07, 6.45) is 0.787. The summed E-state index contributed by atoms with van der Waals surface area (Å²) in [5, 5.41) is -0.517. The van der Waals surface area contributed by atoms with E-state index in [2.05, 4.69) is 0 Å². The normalized spacial score (nSPS) is 27.2. The second kappa shape index (κ2) is 4.78. The van der Waals surface area contributed by atoms with Crippen molar-refractivity contribution in [3.63, 3.8) is 0 Å². The van der Waals surface area contributed by atoms with Gasteiger partial charge in [0.05, 0.1) is 17.4 Å². The van der Waals surface area contributed by atoms with Crippen LogP contribution in [0.4, 0.5) is 0 Å². The molecule has 0 bridgehead atoms. The van der Waals surface area contributed by atoms with Gasteiger partial charge in [-0.3, -0.25) is 9.00 Å². The van der Waals surface area contributed by atoms with Gasteiger partial charge < -0.3 is 4.74 Å². The van der Waals surface area contributed by atoms with Crippen molar-refractivity contribution in [1.29, 1.82) is 0 Å². The highest BCUT2D eigenvalue weighted by molar-refractivity contribution is 7.86. The fourth-order valence-corrected chi connectivity index (χ4v) is 3.33. The maximum absolute atomic E-state index is 12.2. The number of cyclic esters (lactones) is 1. The maximum atomic E-state index is 12.2. The van der Waals surface area contributed by atoms with E-state index in [0.29, 0.717) is 11.5 Å². The number of hydrogen-bond donors (Lipinski definition) is 0. The van der Waals surface area contributed by atoms with Gasteiger partial charge in [-0.2, -0.15) is 0 Å². The van der Waals surface area contributed by atoms with E-state index in [-0.39, 0.29) is 11.9 Å². The molecule has 1 saturated heterocycles. The van der Waals surface area contributed by atoms with Crippen LogP contribution in [-0.2, 0) is 20.3 Å². The molecule has 1 aliphatic heterocycles. The Kier molecular flexibility index (Phi) is 3.39. The van der Waals surface area contributed by atoms with Gasteiger partial charge in [0.25, 0.3) is 0 Å². The summed E-state index contributed by atoms with van der Waals surface area (Å²) in [4.78, 5) is 12.3. The predicted octanol–water partition coefficient (Wildman–Crippen LogP) is 1.75. The third kappa shape index (κ3) is 2.16. The van der Waals surface area contributed by atoms with Crippen LogP contribution in [-0.4, -0.2) is 22.0 Å². The number of ether oxygens (including phenoxy) is 1. The molecule has 0 saturated carbocycles. The number of benzene rings is 1. The largest absolute Gasteiger partial charge is 0.465 e. The van der Waals surface area contributed by atoms with Crippen LogP contribution in [0.2, 0.25) is 0 Å². The molecule has 0 amide bonds. The summed E-state index contributed by atoms with van der Waals surface area (Å²) in [7, 11) is -1.30. The molecule has 3 atom stereocenters. The van der Waals surface area contributed by atoms with E-state index in [1.807, 2.05) is 25.1 Å². The van der Waals surface area contributed by atoms with E-state index in [9.17, 15) is 9.00 Å². The van der Waals surface area contributed by atoms with Crippen molar-refractivity contribution in [2.24, 2.45) is 5.92 Å². The third-order valence-corrected chi connectivity index (χ3v) is 4.63. The molecule has 0 spiro atoms. The van der Waals surface area contributed by atoms with Crippen LogP contribution in [0.25, 0.3) is 0 Å². The minimum Gasteiger partial charge on any atom is -0.465 e. The first kappa shape index (κ1) is 11.3. The van der Waals surface area contributed by atoms with Crippen molar-refractivity contribution in [2.75, 3.05) is 6.61 Å². The summed E-state index contributed by atoms with van der Waals surface area (Å²) >= 11 is 0. The Labute approximate surface area is 97.3 Å². The van der Waals surface area contributed by atoms with Crippen molar-refractivity contribution in [1.82, 2.24) is 0 Å². The molecule has 0 aliphatic carbocycles. The lowest BCUT2D eigenvalue weighted by Gasteiger charge is -2.26. The Morgan fingerprint density at radius 2 is 2.00 bits per heavy atom. The van der Waals surface area contributed by atoms with Gasteiger partial charge in [-0.05, 0) is 24.5 Å². The Balaban J connectivity index is 2.23. The van der Waals surface area contributed by atoms with E-state index >= 15 is 0 Å². The average Bonchev–Trinajstić information content (AvgIpc) is 2.30. The van der Waals surface area contributed by atoms with E-state index < -0.39 is 16.0 Å². The summed E-state index contributed by atoms with van der Waals surface area (Å²) in [6, 6.07) is 9.08. The Bertz CT molecular complexity index is 402. The van der Waals surface area contributed by atoms with E-state index in [4.69, 9.17) is 4.74 Å². The van der Waals surface area contributed by atoms with Gasteiger partial charge in [-0.15, -0.1) is 0 Å². The molecule has 3 unspecified atom stereocenters. The molecule has 1 heterocycles. The lowest BCUT2D eigenvalue weighted by molar-refractivity contribution is -0.147. The molecule has 0 aromatic heterocycles. The van der Waals surface area contributed by atoms with Crippen LogP contribution in [0, 0.1) is 5.92 Å². The molecule has 1 aliphatic rings. The standard InChI is InChI=1S/C12H14O3S/c1-9-7-8-15-12(13)11(9)16(14)10-5-3-2-4-6-10/h2-6,9,11H,7-8H2,1H3. The number of carbonyl (C=O) groups is 1. The van der Waals surface area contributed by atoms with Gasteiger partial charge in [0, 0.05) is 4.90 Å². The van der Waals surface area contributed by atoms with Crippen molar-refractivity contribution in [3.8, 4) is 0 Å². The predicted molar refractivity (Wildman–Crippen MR) is 61.4 cm³/mol. The Hall–Kier alpha value is -1.16. The smallest absolute Gasteiger partial charge is 0.322 e. The van der Waals surface area contributed by atoms with Crippen LogP contribution >= 0.6 is 0 Å². The molecular formula is C12H14O3S. The monoisotopic (exact) mass is 238 g/mol. The fraction of sp³-hybridized carbons (Fsp3) is 0.417. The number of carbonyl (C=O) groups excluding carboxylic acids is 1. The summed E-state index contributed by atoms with van der Waals surface area (Å²) in [5.74, 6) is -0.219. The number of esters is 1. The first-order chi connectivity index (χ1) is 7.70. The topological polar surface area (TPSA) is 43.4 Å². The van der Waals surface area contributed by atoms with Gasteiger partial charge >= 0.3 is 5.97 Å². The lowest BCUT2D eigenvalue weighted by atomic mass is 10.0. The van der Waals surface area contributed by atoms with E-state index in [0.717, 1.165) is 6.42 Å². The quantitative estimate of drug-likeness (QED) is 0.737. The Morgan fingerprint density at radius 1 is 1.31 bits per heavy atom. The zero-order chi connectivity index (χ0) is 11.5. The fourth-order valence-electron chi connectivity index (χ4n) is 1.81. The molecular weight excluding hydrogens is 224 g/mol. The van der Waals surface area contributed by atoms with E-state index in [1.165, 1.54) is 0 Å². The van der Waals surface area contributed by atoms with Gasteiger partial charge in [0.1, 0.15) is 5.25 Å². The average molecular weight is 238 g/mol. The van der Waals surface area contributed by atoms with Crippen LogP contribution < -0.4 is 0 Å². The van der Waals surface area contributed by atoms with Gasteiger partial charge in [0.15, 0.2) is 0 Å². The third-order valence-electron chi connectivity index (χ3n) is 2.77. The highest BCUT2D eigenvalue weighted by Gasteiger charge is 2.36. The minimum absolute atomic E-state index is 0.113. The molecule has 0 radical (unpaired) electrons. The first-order valence-corrected chi connectivity index (χ1v) is 6.53. The van der Waals surface area contributed by atoms with E-state index in [1.54, 1.807) is 12.1 Å². The molecule has 2 rings (SSSR count). The second-order valence-electron chi connectivity index (χ2n) is 3.96. The van der Waals surface area contributed by atoms with Crippen molar-refractivity contribution < 1.29 is 13.7 Å². The SMILES string of the molecule is CC1CCOC(=O)C1S(=O)c1ccccc1. The molecule has 86 valence electrons. The number of rotatable bonds is 2. The first-order valence-electron chi connectivity index (χ1n) is 5.32. The highest BCUT2D eigenvalue weighted by Crippen LogP contribution is 2.24. The molecule has 16 heavy (non-hydrogen) atoms. The molecule has 3 nitrogen and oxygen atoms in total. The summed E-state index contributed by atoms with van der Waals surface area (Å²) < 4.78 is 17.2. The number of hydrogen-bond acceptors (Lipinski definition) is 3. The summed E-state index contributed by atoms with van der Waals surface area (Å²) in [5.41, 5.74) is 0. The van der Waals surface area contributed by atoms with Crippen molar-refractivity contribution in [3.05, 3.63) is 30.3 Å². The van der Waals surface area contributed by atoms with Crippen molar-refractivity contribution >= 4 is 16.8 Å². The second-order valence-corrected chi connectivity index (χ2v) is 5.54. The highest BCUT2D eigenvalue weighted by atomic mass is 32.2. The molecule has 1 fully saturated rings. The molecule has 1 aromatic carbocycles. The van der Waals surface area contributed by atoms with Crippen LogP contribution in [0.3, 0.4) is 0 Å². The zero-order valence-electron chi connectivity index (χ0n) is 9.09. The molecule has 0 N–H and O–H groups in total. The van der Waals surface area contributed by atoms with Crippen molar-refractivity contribution in [2.45, 2.75) is 23.5 Å². The van der Waals surface area contributed by atoms with Gasteiger partial charge in [-0.25, -0.2) is 0 Å². The molecule has 4 heteroatoms. The van der Waals surface area contributed by atoms with Gasteiger partial charge in [0.2, 0.25) is 0 Å². The van der Waals surface area contributed by atoms with Crippen LogP contribution in [0.15, 0.2) is 35.2 Å². The lowest BCUT2D eigenvalue weighted by Crippen LogP contribution is -2.39. The van der Waals surface area contributed by atoms with Crippen LogP contribution in [0.5, 0.6) is 0 Å². The maximum Gasteiger partial charge on any atom is 0.322 e. The Morgan fingerprint density at radius 3 is 2.62 bits per heavy atom. The summed E-state index contributed by atoms with van der Waals surface area (Å²) in [6.45, 7) is 2.40. The minimum atomic E-state index is -1.30. The zero-order valence-corrected chi connectivity index (χ0v) is 9.91.